The van der Waals surface area contributed by atoms with E-state index in [0.29, 0.717) is 37.7 Å². The molecule has 0 saturated carbocycles. The molecule has 3 heterocycles. The SMILES string of the molecule is CCc1nc([C@@H]2CN(C(=O)Cc3c(C)noc3C)CCO2)n[nH]1. The van der Waals surface area contributed by atoms with Crippen molar-refractivity contribution in [3.8, 4) is 0 Å². The topological polar surface area (TPSA) is 97.1 Å². The normalized spacial score (nSPS) is 18.4. The first-order valence-corrected chi connectivity index (χ1v) is 7.80. The monoisotopic (exact) mass is 319 g/mol. The third kappa shape index (κ3) is 3.26. The minimum absolute atomic E-state index is 0.0407. The maximum atomic E-state index is 12.6. The zero-order valence-electron chi connectivity index (χ0n) is 13.6. The molecule has 1 saturated heterocycles. The van der Waals surface area contributed by atoms with E-state index in [0.717, 1.165) is 23.5 Å². The van der Waals surface area contributed by atoms with E-state index in [1.807, 2.05) is 20.8 Å². The van der Waals surface area contributed by atoms with Gasteiger partial charge in [0.1, 0.15) is 17.7 Å². The molecule has 1 amide bonds. The number of H-pyrrole nitrogens is 1. The number of nitrogens with one attached hydrogen (secondary N) is 1. The van der Waals surface area contributed by atoms with Crippen LogP contribution in [0, 0.1) is 13.8 Å². The second-order valence-corrected chi connectivity index (χ2v) is 5.67. The number of nitrogens with zero attached hydrogens (tertiary/aromatic N) is 4. The van der Waals surface area contributed by atoms with Crippen LogP contribution in [-0.2, 0) is 22.4 Å². The minimum Gasteiger partial charge on any atom is -0.366 e. The minimum atomic E-state index is -0.283. The van der Waals surface area contributed by atoms with Crippen LogP contribution in [0.4, 0.5) is 0 Å². The lowest BCUT2D eigenvalue weighted by Crippen LogP contribution is -2.43. The first kappa shape index (κ1) is 15.7. The Balaban J connectivity index is 1.67. The van der Waals surface area contributed by atoms with Gasteiger partial charge in [-0.1, -0.05) is 12.1 Å². The van der Waals surface area contributed by atoms with Crippen LogP contribution in [0.5, 0.6) is 0 Å². The third-order valence-corrected chi connectivity index (χ3v) is 4.10. The predicted octanol–water partition coefficient (Wildman–Crippen LogP) is 1.11. The van der Waals surface area contributed by atoms with Crippen LogP contribution in [0.2, 0.25) is 0 Å². The molecule has 1 aliphatic heterocycles. The van der Waals surface area contributed by atoms with Crippen molar-refractivity contribution < 1.29 is 14.1 Å². The standard InChI is InChI=1S/C15H21N5O3/c1-4-13-16-15(18-17-13)12-8-20(5-6-22-12)14(21)7-11-9(2)19-23-10(11)3/h12H,4-8H2,1-3H3,(H,16,17,18)/t12-/m0/s1. The zero-order chi connectivity index (χ0) is 16.4. The van der Waals surface area contributed by atoms with Crippen molar-refractivity contribution in [2.24, 2.45) is 0 Å². The van der Waals surface area contributed by atoms with Crippen molar-refractivity contribution >= 4 is 5.91 Å². The number of aromatic nitrogens is 4. The summed E-state index contributed by atoms with van der Waals surface area (Å²) in [5, 5.41) is 11.0. The van der Waals surface area contributed by atoms with Crippen molar-refractivity contribution in [3.63, 3.8) is 0 Å². The van der Waals surface area contributed by atoms with Gasteiger partial charge in [0, 0.05) is 18.5 Å². The van der Waals surface area contributed by atoms with E-state index in [9.17, 15) is 4.79 Å². The number of hydrogen-bond donors (Lipinski definition) is 1. The number of rotatable bonds is 4. The summed E-state index contributed by atoms with van der Waals surface area (Å²) >= 11 is 0. The second kappa shape index (κ2) is 6.49. The molecule has 0 spiro atoms. The number of carbonyl (C=O) groups is 1. The Labute approximate surface area is 134 Å². The summed E-state index contributed by atoms with van der Waals surface area (Å²) in [6.07, 6.45) is 0.796. The van der Waals surface area contributed by atoms with Gasteiger partial charge in [-0.15, -0.1) is 0 Å². The average molecular weight is 319 g/mol. The van der Waals surface area contributed by atoms with Crippen LogP contribution in [0.3, 0.4) is 0 Å². The molecule has 0 aromatic carbocycles. The molecule has 0 unspecified atom stereocenters. The summed E-state index contributed by atoms with van der Waals surface area (Å²) in [7, 11) is 0. The van der Waals surface area contributed by atoms with Crippen molar-refractivity contribution in [2.75, 3.05) is 19.7 Å². The molecule has 2 aromatic heterocycles. The predicted molar refractivity (Wildman–Crippen MR) is 80.7 cm³/mol. The van der Waals surface area contributed by atoms with E-state index < -0.39 is 0 Å². The Hall–Kier alpha value is -2.22. The first-order chi connectivity index (χ1) is 11.1. The Morgan fingerprint density at radius 2 is 2.26 bits per heavy atom. The molecule has 1 aliphatic rings. The Morgan fingerprint density at radius 3 is 2.91 bits per heavy atom. The fraction of sp³-hybridized carbons (Fsp3) is 0.600. The number of amides is 1. The molecule has 0 radical (unpaired) electrons. The lowest BCUT2D eigenvalue weighted by Gasteiger charge is -2.31. The molecular formula is C15H21N5O3. The fourth-order valence-corrected chi connectivity index (χ4v) is 2.66. The molecule has 1 N–H and O–H groups in total. The van der Waals surface area contributed by atoms with E-state index >= 15 is 0 Å². The van der Waals surface area contributed by atoms with E-state index in [-0.39, 0.29) is 12.0 Å². The Kier molecular flexibility index (Phi) is 4.42. The van der Waals surface area contributed by atoms with Gasteiger partial charge in [-0.05, 0) is 13.8 Å². The molecule has 1 atom stereocenters. The highest BCUT2D eigenvalue weighted by atomic mass is 16.5. The Bertz CT molecular complexity index is 674. The average Bonchev–Trinajstić information content (AvgIpc) is 3.17. The fourth-order valence-electron chi connectivity index (χ4n) is 2.66. The van der Waals surface area contributed by atoms with Gasteiger partial charge in [0.05, 0.1) is 25.3 Å². The van der Waals surface area contributed by atoms with Crippen LogP contribution < -0.4 is 0 Å². The lowest BCUT2D eigenvalue weighted by molar-refractivity contribution is -0.138. The summed E-state index contributed by atoms with van der Waals surface area (Å²) in [5.41, 5.74) is 1.63. The lowest BCUT2D eigenvalue weighted by atomic mass is 10.1. The largest absolute Gasteiger partial charge is 0.366 e. The number of aryl methyl sites for hydroxylation is 3. The van der Waals surface area contributed by atoms with Crippen molar-refractivity contribution in [1.82, 2.24) is 25.2 Å². The molecule has 8 nitrogen and oxygen atoms in total. The summed E-state index contributed by atoms with van der Waals surface area (Å²) in [6, 6.07) is 0. The zero-order valence-corrected chi connectivity index (χ0v) is 13.6. The van der Waals surface area contributed by atoms with Gasteiger partial charge in [0.15, 0.2) is 5.82 Å². The van der Waals surface area contributed by atoms with E-state index in [2.05, 4.69) is 20.3 Å². The van der Waals surface area contributed by atoms with Crippen LogP contribution in [-0.4, -0.2) is 50.8 Å². The molecule has 3 rings (SSSR count). The van der Waals surface area contributed by atoms with Gasteiger partial charge in [0.2, 0.25) is 5.91 Å². The molecule has 8 heteroatoms. The highest BCUT2D eigenvalue weighted by Crippen LogP contribution is 2.21. The van der Waals surface area contributed by atoms with Crippen molar-refractivity contribution in [3.05, 3.63) is 28.7 Å². The van der Waals surface area contributed by atoms with Gasteiger partial charge in [-0.25, -0.2) is 4.98 Å². The third-order valence-electron chi connectivity index (χ3n) is 4.10. The van der Waals surface area contributed by atoms with E-state index in [1.165, 1.54) is 0 Å². The summed E-state index contributed by atoms with van der Waals surface area (Å²) < 4.78 is 10.8. The van der Waals surface area contributed by atoms with Gasteiger partial charge in [-0.3, -0.25) is 9.89 Å². The number of hydrogen-bond acceptors (Lipinski definition) is 6. The van der Waals surface area contributed by atoms with Gasteiger partial charge >= 0.3 is 0 Å². The molecular weight excluding hydrogens is 298 g/mol. The highest BCUT2D eigenvalue weighted by molar-refractivity contribution is 5.79. The van der Waals surface area contributed by atoms with Gasteiger partial charge < -0.3 is 14.2 Å². The highest BCUT2D eigenvalue weighted by Gasteiger charge is 2.28. The molecule has 124 valence electrons. The van der Waals surface area contributed by atoms with Crippen LogP contribution in [0.25, 0.3) is 0 Å². The number of aromatic amines is 1. The maximum Gasteiger partial charge on any atom is 0.227 e. The molecule has 1 fully saturated rings. The second-order valence-electron chi connectivity index (χ2n) is 5.67. The first-order valence-electron chi connectivity index (χ1n) is 7.80. The number of carbonyl (C=O) groups excluding carboxylic acids is 1. The maximum absolute atomic E-state index is 12.6. The summed E-state index contributed by atoms with van der Waals surface area (Å²) in [5.74, 6) is 2.17. The molecule has 0 bridgehead atoms. The van der Waals surface area contributed by atoms with E-state index in [4.69, 9.17) is 9.26 Å². The molecule has 2 aromatic rings. The van der Waals surface area contributed by atoms with Crippen LogP contribution >= 0.6 is 0 Å². The summed E-state index contributed by atoms with van der Waals surface area (Å²) in [6.45, 7) is 7.19. The molecule has 23 heavy (non-hydrogen) atoms. The van der Waals surface area contributed by atoms with Gasteiger partial charge in [0.25, 0.3) is 0 Å². The smallest absolute Gasteiger partial charge is 0.227 e. The molecule has 0 aliphatic carbocycles. The van der Waals surface area contributed by atoms with E-state index in [1.54, 1.807) is 4.90 Å². The van der Waals surface area contributed by atoms with Crippen molar-refractivity contribution in [2.45, 2.75) is 39.7 Å². The van der Waals surface area contributed by atoms with Crippen molar-refractivity contribution in [1.29, 1.82) is 0 Å². The Morgan fingerprint density at radius 1 is 1.43 bits per heavy atom. The van der Waals surface area contributed by atoms with Crippen LogP contribution in [0.15, 0.2) is 4.52 Å². The van der Waals surface area contributed by atoms with Gasteiger partial charge in [-0.2, -0.15) is 5.10 Å². The quantitative estimate of drug-likeness (QED) is 0.907. The number of ether oxygens (including phenoxy) is 1. The number of morpholine rings is 1. The summed E-state index contributed by atoms with van der Waals surface area (Å²) in [4.78, 5) is 18.7. The van der Waals surface area contributed by atoms with Crippen LogP contribution in [0.1, 0.15) is 41.7 Å².